The van der Waals surface area contributed by atoms with Crippen LogP contribution < -0.4 is 0 Å². The van der Waals surface area contributed by atoms with Crippen molar-refractivity contribution in [2.24, 2.45) is 5.16 Å². The molecule has 1 atom stereocenters. The van der Waals surface area contributed by atoms with E-state index in [0.717, 1.165) is 49.7 Å². The molecule has 0 saturated heterocycles. The van der Waals surface area contributed by atoms with Crippen LogP contribution in [0.3, 0.4) is 0 Å². The Morgan fingerprint density at radius 1 is 1.40 bits per heavy atom. The van der Waals surface area contributed by atoms with Crippen molar-refractivity contribution in [1.29, 1.82) is 0 Å². The zero-order chi connectivity index (χ0) is 17.6. The van der Waals surface area contributed by atoms with Crippen LogP contribution in [0.15, 0.2) is 47.8 Å². The van der Waals surface area contributed by atoms with Crippen LogP contribution in [0, 0.1) is 0 Å². The summed E-state index contributed by atoms with van der Waals surface area (Å²) in [5, 5.41) is 11.4. The second-order valence-electron chi connectivity index (χ2n) is 6.49. The van der Waals surface area contributed by atoms with Crippen LogP contribution in [0.4, 0.5) is 0 Å². The minimum atomic E-state index is -0.325. The number of aryl methyl sites for hydroxylation is 1. The molecule has 1 heterocycles. The van der Waals surface area contributed by atoms with Crippen molar-refractivity contribution in [3.05, 3.63) is 65.0 Å². The fourth-order valence-corrected chi connectivity index (χ4v) is 3.45. The van der Waals surface area contributed by atoms with Gasteiger partial charge in [0.25, 0.3) is 0 Å². The number of hydrogen-bond donors (Lipinski definition) is 1. The normalized spacial score (nSPS) is 17.0. The third-order valence-corrected chi connectivity index (χ3v) is 4.84. The first-order valence-corrected chi connectivity index (χ1v) is 8.64. The number of ketones is 1. The predicted octanol–water partition coefficient (Wildman–Crippen LogP) is 3.28. The Labute approximate surface area is 148 Å². The predicted molar refractivity (Wildman–Crippen MR) is 97.3 cm³/mol. The maximum Gasteiger partial charge on any atom is 0.208 e. The molecule has 0 saturated carbocycles. The van der Waals surface area contributed by atoms with Gasteiger partial charge in [-0.2, -0.15) is 0 Å². The zero-order valence-corrected chi connectivity index (χ0v) is 14.4. The number of carbonyl (C=O) groups is 1. The number of likely N-dealkylation sites (N-methyl/N-ethyl adjacent to an activating group) is 1. The number of hydrogen-bond acceptors (Lipinski definition) is 5. The fourth-order valence-electron chi connectivity index (χ4n) is 3.45. The molecule has 0 fully saturated rings. The van der Waals surface area contributed by atoms with E-state index >= 15 is 0 Å². The molecule has 1 unspecified atom stereocenters. The molecule has 5 heteroatoms. The van der Waals surface area contributed by atoms with Crippen molar-refractivity contribution >= 4 is 12.0 Å². The lowest BCUT2D eigenvalue weighted by Crippen LogP contribution is -2.30. The van der Waals surface area contributed by atoms with E-state index in [-0.39, 0.29) is 11.8 Å². The molecule has 1 aliphatic carbocycles. The number of aromatic nitrogens is 1. The molecule has 2 aromatic rings. The fraction of sp³-hybridized carbons (Fsp3) is 0.350. The highest BCUT2D eigenvalue weighted by Crippen LogP contribution is 2.33. The van der Waals surface area contributed by atoms with Crippen molar-refractivity contribution in [1.82, 2.24) is 9.88 Å². The standard InChI is InChI=1S/C20H23N3O2/c1-23(11-10-15-6-3-2-4-7-15)19-9-5-8-18-17(19)12-16(13-21-18)20(24)14-22-25/h2-4,6-7,12-14,19,25H,5,8-11H2,1H3/b22-14+. The van der Waals surface area contributed by atoms with Gasteiger partial charge in [0.05, 0.1) is 0 Å². The van der Waals surface area contributed by atoms with Crippen molar-refractivity contribution in [3.8, 4) is 0 Å². The molecule has 1 aromatic heterocycles. The van der Waals surface area contributed by atoms with E-state index in [2.05, 4.69) is 46.4 Å². The number of fused-ring (bicyclic) bond motifs is 1. The summed E-state index contributed by atoms with van der Waals surface area (Å²) in [5.74, 6) is -0.325. The summed E-state index contributed by atoms with van der Waals surface area (Å²) < 4.78 is 0. The Balaban J connectivity index is 1.77. The lowest BCUT2D eigenvalue weighted by Gasteiger charge is -2.33. The van der Waals surface area contributed by atoms with E-state index in [9.17, 15) is 4.79 Å². The maximum absolute atomic E-state index is 12.0. The lowest BCUT2D eigenvalue weighted by molar-refractivity contribution is 0.106. The van der Waals surface area contributed by atoms with Gasteiger partial charge in [-0.1, -0.05) is 35.5 Å². The van der Waals surface area contributed by atoms with Crippen LogP contribution in [0.25, 0.3) is 0 Å². The Hall–Kier alpha value is -2.53. The van der Waals surface area contributed by atoms with Crippen molar-refractivity contribution in [2.75, 3.05) is 13.6 Å². The Morgan fingerprint density at radius 3 is 2.96 bits per heavy atom. The molecular formula is C20H23N3O2. The maximum atomic E-state index is 12.0. The first-order chi connectivity index (χ1) is 12.2. The van der Waals surface area contributed by atoms with Gasteiger partial charge >= 0.3 is 0 Å². The van der Waals surface area contributed by atoms with Gasteiger partial charge in [0.1, 0.15) is 6.21 Å². The van der Waals surface area contributed by atoms with Crippen LogP contribution >= 0.6 is 0 Å². The monoisotopic (exact) mass is 337 g/mol. The number of pyridine rings is 1. The summed E-state index contributed by atoms with van der Waals surface area (Å²) in [6, 6.07) is 12.6. The van der Waals surface area contributed by atoms with Crippen LogP contribution in [0.1, 0.15) is 46.1 Å². The molecule has 0 radical (unpaired) electrons. The molecule has 3 rings (SSSR count). The van der Waals surface area contributed by atoms with Crippen molar-refractivity contribution < 1.29 is 10.0 Å². The summed E-state index contributed by atoms with van der Waals surface area (Å²) in [4.78, 5) is 18.8. The van der Waals surface area contributed by atoms with Crippen molar-refractivity contribution in [2.45, 2.75) is 31.7 Å². The van der Waals surface area contributed by atoms with Gasteiger partial charge in [0.15, 0.2) is 0 Å². The van der Waals surface area contributed by atoms with Crippen LogP contribution in [0.5, 0.6) is 0 Å². The number of carbonyl (C=O) groups excluding carboxylic acids is 1. The van der Waals surface area contributed by atoms with Gasteiger partial charge in [0.2, 0.25) is 5.78 Å². The van der Waals surface area contributed by atoms with E-state index in [1.807, 2.05) is 12.1 Å². The van der Waals surface area contributed by atoms with Gasteiger partial charge in [-0.15, -0.1) is 0 Å². The summed E-state index contributed by atoms with van der Waals surface area (Å²) >= 11 is 0. The molecule has 130 valence electrons. The summed E-state index contributed by atoms with van der Waals surface area (Å²) in [7, 11) is 2.13. The van der Waals surface area contributed by atoms with Crippen molar-refractivity contribution in [3.63, 3.8) is 0 Å². The Kier molecular flexibility index (Phi) is 5.56. The molecule has 0 aliphatic heterocycles. The van der Waals surface area contributed by atoms with E-state index in [1.165, 1.54) is 5.56 Å². The molecule has 25 heavy (non-hydrogen) atoms. The van der Waals surface area contributed by atoms with E-state index in [0.29, 0.717) is 5.56 Å². The average Bonchev–Trinajstić information content (AvgIpc) is 2.66. The lowest BCUT2D eigenvalue weighted by atomic mass is 9.89. The van der Waals surface area contributed by atoms with Gasteiger partial charge < -0.3 is 5.21 Å². The second kappa shape index (κ2) is 8.03. The summed E-state index contributed by atoms with van der Waals surface area (Å²) in [6.45, 7) is 0.949. The number of oxime groups is 1. The smallest absolute Gasteiger partial charge is 0.208 e. The second-order valence-corrected chi connectivity index (χ2v) is 6.49. The quantitative estimate of drug-likeness (QED) is 0.380. The molecule has 0 bridgehead atoms. The highest BCUT2D eigenvalue weighted by atomic mass is 16.4. The molecule has 5 nitrogen and oxygen atoms in total. The van der Waals surface area contributed by atoms with E-state index in [1.54, 1.807) is 6.20 Å². The molecule has 0 spiro atoms. The first kappa shape index (κ1) is 17.3. The molecule has 0 amide bonds. The summed E-state index contributed by atoms with van der Waals surface area (Å²) in [6.07, 6.45) is 6.60. The zero-order valence-electron chi connectivity index (χ0n) is 14.4. The highest BCUT2D eigenvalue weighted by molar-refractivity contribution is 6.35. The highest BCUT2D eigenvalue weighted by Gasteiger charge is 2.25. The van der Waals surface area contributed by atoms with Crippen LogP contribution in [-0.2, 0) is 12.8 Å². The molecular weight excluding hydrogens is 314 g/mol. The molecule has 1 N–H and O–H groups in total. The van der Waals surface area contributed by atoms with Gasteiger partial charge in [-0.25, -0.2) is 0 Å². The van der Waals surface area contributed by atoms with E-state index in [4.69, 9.17) is 5.21 Å². The SMILES string of the molecule is CN(CCc1ccccc1)C1CCCc2ncc(C(=O)/C=N/O)cc21. The number of rotatable bonds is 6. The first-order valence-electron chi connectivity index (χ1n) is 8.64. The largest absolute Gasteiger partial charge is 0.411 e. The number of Topliss-reactive ketones (excluding diaryl/α,β-unsaturated/α-hetero) is 1. The van der Waals surface area contributed by atoms with Gasteiger partial charge in [-0.3, -0.25) is 14.7 Å². The number of benzene rings is 1. The minimum Gasteiger partial charge on any atom is -0.411 e. The van der Waals surface area contributed by atoms with Crippen LogP contribution in [-0.4, -0.2) is 40.7 Å². The summed E-state index contributed by atoms with van der Waals surface area (Å²) in [5.41, 5.74) is 3.99. The third-order valence-electron chi connectivity index (χ3n) is 4.84. The topological polar surface area (TPSA) is 65.8 Å². The third kappa shape index (κ3) is 4.12. The Morgan fingerprint density at radius 2 is 2.20 bits per heavy atom. The average molecular weight is 337 g/mol. The molecule has 1 aromatic carbocycles. The van der Waals surface area contributed by atoms with Crippen LogP contribution in [0.2, 0.25) is 0 Å². The van der Waals surface area contributed by atoms with E-state index < -0.39 is 0 Å². The Bertz CT molecular complexity index is 759. The minimum absolute atomic E-state index is 0.263. The molecule has 1 aliphatic rings. The number of nitrogens with zero attached hydrogens (tertiary/aromatic N) is 3. The van der Waals surface area contributed by atoms with Gasteiger partial charge in [-0.05, 0) is 49.9 Å². The van der Waals surface area contributed by atoms with Gasteiger partial charge in [0, 0.05) is 30.0 Å².